The van der Waals surface area contributed by atoms with Crippen LogP contribution >= 0.6 is 0 Å². The first-order chi connectivity index (χ1) is 16.5. The summed E-state index contributed by atoms with van der Waals surface area (Å²) in [5.41, 5.74) is 3.37. The average molecular weight is 461 g/mol. The third kappa shape index (κ3) is 6.20. The number of hydrogen-bond donors (Lipinski definition) is 1. The van der Waals surface area contributed by atoms with E-state index in [1.807, 2.05) is 37.3 Å². The van der Waals surface area contributed by atoms with Crippen molar-refractivity contribution in [2.24, 2.45) is 4.99 Å². The topological polar surface area (TPSA) is 57.2 Å². The molecule has 7 heteroatoms. The fourth-order valence-electron chi connectivity index (χ4n) is 3.92. The van der Waals surface area contributed by atoms with Crippen LogP contribution in [0.25, 0.3) is 0 Å². The molecule has 0 spiro atoms. The van der Waals surface area contributed by atoms with Crippen molar-refractivity contribution < 1.29 is 13.9 Å². The zero-order chi connectivity index (χ0) is 23.9. The second-order valence-electron chi connectivity index (χ2n) is 8.35. The Hall–Kier alpha value is -3.71. The van der Waals surface area contributed by atoms with Crippen LogP contribution in [0.1, 0.15) is 21.5 Å². The van der Waals surface area contributed by atoms with Crippen molar-refractivity contribution in [3.8, 4) is 5.75 Å². The number of aliphatic imine (C=N–C) groups is 1. The normalized spacial score (nSPS) is 14.7. The fraction of sp³-hybridized carbons (Fsp3) is 0.259. The second kappa shape index (κ2) is 10.9. The van der Waals surface area contributed by atoms with Crippen molar-refractivity contribution in [1.29, 1.82) is 0 Å². The largest absolute Gasteiger partial charge is 0.497 e. The predicted octanol–water partition coefficient (Wildman–Crippen LogP) is 4.38. The number of piperazine rings is 1. The van der Waals surface area contributed by atoms with Crippen LogP contribution in [0.5, 0.6) is 5.75 Å². The third-order valence-electron chi connectivity index (χ3n) is 5.78. The summed E-state index contributed by atoms with van der Waals surface area (Å²) in [4.78, 5) is 22.1. The van der Waals surface area contributed by atoms with Crippen molar-refractivity contribution in [2.45, 2.75) is 13.5 Å². The first-order valence-electron chi connectivity index (χ1n) is 11.3. The summed E-state index contributed by atoms with van der Waals surface area (Å²) in [6, 6.07) is 21.6. The number of aryl methyl sites for hydroxylation is 1. The maximum atomic E-state index is 13.5. The Morgan fingerprint density at radius 3 is 2.41 bits per heavy atom. The molecule has 0 bridgehead atoms. The van der Waals surface area contributed by atoms with Gasteiger partial charge in [-0.25, -0.2) is 9.38 Å². The number of guanidine groups is 1. The van der Waals surface area contributed by atoms with Crippen LogP contribution in [0, 0.1) is 12.7 Å². The van der Waals surface area contributed by atoms with Crippen molar-refractivity contribution in [1.82, 2.24) is 15.1 Å². The van der Waals surface area contributed by atoms with E-state index >= 15 is 0 Å². The number of ether oxygens (including phenoxy) is 1. The summed E-state index contributed by atoms with van der Waals surface area (Å²) in [5.74, 6) is 0.776. The summed E-state index contributed by atoms with van der Waals surface area (Å²) < 4.78 is 18.7. The number of rotatable bonds is 5. The van der Waals surface area contributed by atoms with Crippen molar-refractivity contribution in [2.75, 3.05) is 33.3 Å². The molecule has 0 saturated carbocycles. The molecule has 0 unspecified atom stereocenters. The Balaban J connectivity index is 1.48. The molecule has 1 aliphatic rings. The molecule has 1 saturated heterocycles. The Kier molecular flexibility index (Phi) is 7.54. The van der Waals surface area contributed by atoms with Crippen molar-refractivity contribution in [3.05, 3.63) is 95.3 Å². The molecule has 3 aromatic carbocycles. The predicted molar refractivity (Wildman–Crippen MR) is 132 cm³/mol. The second-order valence-corrected chi connectivity index (χ2v) is 8.35. The van der Waals surface area contributed by atoms with E-state index in [4.69, 9.17) is 9.73 Å². The van der Waals surface area contributed by atoms with Crippen LogP contribution in [0.4, 0.5) is 10.1 Å². The van der Waals surface area contributed by atoms with E-state index in [9.17, 15) is 9.18 Å². The van der Waals surface area contributed by atoms with Gasteiger partial charge in [-0.1, -0.05) is 24.3 Å². The highest BCUT2D eigenvalue weighted by Crippen LogP contribution is 2.17. The van der Waals surface area contributed by atoms with Gasteiger partial charge in [-0.15, -0.1) is 0 Å². The number of carbonyl (C=O) groups excluding carboxylic acids is 1. The summed E-state index contributed by atoms with van der Waals surface area (Å²) >= 11 is 0. The maximum Gasteiger partial charge on any atom is 0.257 e. The lowest BCUT2D eigenvalue weighted by molar-refractivity contribution is 0.0967. The van der Waals surface area contributed by atoms with Crippen LogP contribution < -0.4 is 10.1 Å². The van der Waals surface area contributed by atoms with Crippen LogP contribution in [0.15, 0.2) is 77.8 Å². The number of methoxy groups -OCH3 is 1. The SMILES string of the molecule is COc1ccc(C(=O)NC(=Nc2cccc(C)c2)N2CCN(Cc3cccc(F)c3)CC2)cc1. The van der Waals surface area contributed by atoms with E-state index in [1.165, 1.54) is 6.07 Å². The molecular weight excluding hydrogens is 431 g/mol. The zero-order valence-corrected chi connectivity index (χ0v) is 19.5. The van der Waals surface area contributed by atoms with Gasteiger partial charge in [-0.2, -0.15) is 0 Å². The van der Waals surface area contributed by atoms with Gasteiger partial charge in [0.25, 0.3) is 5.91 Å². The van der Waals surface area contributed by atoms with Crippen LogP contribution in [-0.2, 0) is 6.54 Å². The highest BCUT2D eigenvalue weighted by Gasteiger charge is 2.22. The maximum absolute atomic E-state index is 13.5. The number of carbonyl (C=O) groups is 1. The average Bonchev–Trinajstić information content (AvgIpc) is 2.84. The molecule has 0 aromatic heterocycles. The Labute approximate surface area is 199 Å². The Morgan fingerprint density at radius 1 is 1.00 bits per heavy atom. The van der Waals surface area contributed by atoms with Gasteiger partial charge >= 0.3 is 0 Å². The van der Waals surface area contributed by atoms with E-state index in [2.05, 4.69) is 15.1 Å². The highest BCUT2D eigenvalue weighted by atomic mass is 19.1. The number of nitrogens with zero attached hydrogens (tertiary/aromatic N) is 3. The molecule has 1 N–H and O–H groups in total. The zero-order valence-electron chi connectivity index (χ0n) is 19.5. The number of nitrogens with one attached hydrogen (secondary N) is 1. The van der Waals surface area contributed by atoms with Gasteiger partial charge in [-0.05, 0) is 66.6 Å². The molecule has 176 valence electrons. The third-order valence-corrected chi connectivity index (χ3v) is 5.78. The highest BCUT2D eigenvalue weighted by molar-refractivity contribution is 6.06. The number of hydrogen-bond acceptors (Lipinski definition) is 4. The van der Waals surface area contributed by atoms with Gasteiger partial charge in [0.05, 0.1) is 12.8 Å². The molecule has 1 aliphatic heterocycles. The fourth-order valence-corrected chi connectivity index (χ4v) is 3.92. The lowest BCUT2D eigenvalue weighted by Gasteiger charge is -2.36. The van der Waals surface area contributed by atoms with Gasteiger partial charge in [0.15, 0.2) is 0 Å². The molecule has 0 aliphatic carbocycles. The number of amides is 1. The number of benzene rings is 3. The monoisotopic (exact) mass is 460 g/mol. The van der Waals surface area contributed by atoms with E-state index in [0.29, 0.717) is 36.9 Å². The molecule has 34 heavy (non-hydrogen) atoms. The lowest BCUT2D eigenvalue weighted by atomic mass is 10.2. The minimum absolute atomic E-state index is 0.218. The van der Waals surface area contributed by atoms with Gasteiger partial charge < -0.3 is 9.64 Å². The van der Waals surface area contributed by atoms with Crippen molar-refractivity contribution >= 4 is 17.6 Å². The summed E-state index contributed by atoms with van der Waals surface area (Å²) in [6.45, 7) is 5.66. The minimum atomic E-state index is -0.226. The summed E-state index contributed by atoms with van der Waals surface area (Å²) in [5, 5.41) is 3.01. The van der Waals surface area contributed by atoms with Gasteiger partial charge in [-0.3, -0.25) is 15.0 Å². The molecular formula is C27H29FN4O2. The molecule has 1 fully saturated rings. The van der Waals surface area contributed by atoms with E-state index in [0.717, 1.165) is 29.9 Å². The first-order valence-corrected chi connectivity index (χ1v) is 11.3. The Morgan fingerprint density at radius 2 is 1.74 bits per heavy atom. The molecule has 1 heterocycles. The minimum Gasteiger partial charge on any atom is -0.497 e. The van der Waals surface area contributed by atoms with Crippen LogP contribution in [-0.4, -0.2) is 55.0 Å². The first kappa shape index (κ1) is 23.4. The van der Waals surface area contributed by atoms with Gasteiger partial charge in [0, 0.05) is 38.3 Å². The number of halogens is 1. The quantitative estimate of drug-likeness (QED) is 0.454. The standard InChI is InChI=1S/C27H29FN4O2/c1-20-5-3-8-24(17-20)29-27(30-26(33)22-9-11-25(34-2)12-10-22)32-15-13-31(14-16-32)19-21-6-4-7-23(28)18-21/h3-12,17-18H,13-16,19H2,1-2H3,(H,29,30,33). The molecule has 3 aromatic rings. The molecule has 1 amide bonds. The molecule has 0 radical (unpaired) electrons. The molecule has 6 nitrogen and oxygen atoms in total. The molecule has 4 rings (SSSR count). The summed E-state index contributed by atoms with van der Waals surface area (Å²) in [6.07, 6.45) is 0. The van der Waals surface area contributed by atoms with E-state index in [-0.39, 0.29) is 11.7 Å². The smallest absolute Gasteiger partial charge is 0.257 e. The van der Waals surface area contributed by atoms with Gasteiger partial charge in [0.1, 0.15) is 11.6 Å². The summed E-state index contributed by atoms with van der Waals surface area (Å²) in [7, 11) is 1.59. The van der Waals surface area contributed by atoms with Crippen LogP contribution in [0.2, 0.25) is 0 Å². The van der Waals surface area contributed by atoms with E-state index in [1.54, 1.807) is 43.5 Å². The van der Waals surface area contributed by atoms with Gasteiger partial charge in [0.2, 0.25) is 5.96 Å². The van der Waals surface area contributed by atoms with E-state index < -0.39 is 0 Å². The van der Waals surface area contributed by atoms with Crippen LogP contribution in [0.3, 0.4) is 0 Å². The Bertz CT molecular complexity index is 1160. The molecule has 0 atom stereocenters. The lowest BCUT2D eigenvalue weighted by Crippen LogP contribution is -2.53. The van der Waals surface area contributed by atoms with Crippen molar-refractivity contribution in [3.63, 3.8) is 0 Å².